The van der Waals surface area contributed by atoms with Crippen molar-refractivity contribution in [2.24, 2.45) is 0 Å². The van der Waals surface area contributed by atoms with E-state index in [0.29, 0.717) is 0 Å². The minimum Gasteiger partial charge on any atom is -0.245 e. The van der Waals surface area contributed by atoms with E-state index in [1.54, 1.807) is 11.3 Å². The molecule has 0 fully saturated rings. The molecule has 0 unspecified atom stereocenters. The zero-order valence-electron chi connectivity index (χ0n) is 7.29. The Hall–Kier alpha value is -0.890. The second kappa shape index (κ2) is 2.87. The lowest BCUT2D eigenvalue weighted by Crippen LogP contribution is -1.80. The van der Waals surface area contributed by atoms with E-state index in [1.807, 2.05) is 6.20 Å². The number of aryl methyl sites for hydroxylation is 2. The van der Waals surface area contributed by atoms with E-state index in [0.717, 1.165) is 11.3 Å². The maximum atomic E-state index is 4.39. The Labute approximate surface area is 76.1 Å². The third kappa shape index (κ3) is 1.23. The molecule has 0 saturated carbocycles. The van der Waals surface area contributed by atoms with E-state index in [9.17, 15) is 0 Å². The van der Waals surface area contributed by atoms with E-state index in [4.69, 9.17) is 0 Å². The quantitative estimate of drug-likeness (QED) is 0.652. The van der Waals surface area contributed by atoms with Crippen LogP contribution in [0.1, 0.15) is 17.4 Å². The maximum Gasteiger partial charge on any atom is 0.123 e. The Kier molecular flexibility index (Phi) is 1.85. The highest BCUT2D eigenvalue weighted by Gasteiger charge is 1.99. The second-order valence-corrected chi connectivity index (χ2v) is 4.18. The standard InChI is InChI=1S/C10H11NS/c1-3-8-5-9-4-7(2)12-10(9)11-6-8/h4-6H,3H2,1-2H3. The largest absolute Gasteiger partial charge is 0.245 e. The SMILES string of the molecule is CCc1cnc2sc(C)cc2c1. The van der Waals surface area contributed by atoms with Crippen LogP contribution in [0.15, 0.2) is 18.3 Å². The number of aromatic nitrogens is 1. The average Bonchev–Trinajstić information content (AvgIpc) is 2.43. The first-order valence-corrected chi connectivity index (χ1v) is 4.96. The van der Waals surface area contributed by atoms with Crippen LogP contribution in [0.5, 0.6) is 0 Å². The fraction of sp³-hybridized carbons (Fsp3) is 0.300. The molecule has 0 spiro atoms. The number of fused-ring (bicyclic) bond motifs is 1. The van der Waals surface area contributed by atoms with Gasteiger partial charge in [-0.1, -0.05) is 6.92 Å². The number of hydrogen-bond acceptors (Lipinski definition) is 2. The first-order chi connectivity index (χ1) is 5.79. The Morgan fingerprint density at radius 3 is 3.00 bits per heavy atom. The Balaban J connectivity index is 2.66. The molecule has 0 radical (unpaired) electrons. The first kappa shape index (κ1) is 7.74. The normalized spacial score (nSPS) is 10.8. The molecule has 0 saturated heterocycles. The van der Waals surface area contributed by atoms with E-state index >= 15 is 0 Å². The molecule has 0 aliphatic heterocycles. The third-order valence-electron chi connectivity index (χ3n) is 1.96. The molecule has 0 amide bonds. The minimum atomic E-state index is 1.07. The summed E-state index contributed by atoms with van der Waals surface area (Å²) >= 11 is 1.76. The van der Waals surface area contributed by atoms with Gasteiger partial charge in [0.15, 0.2) is 0 Å². The summed E-state index contributed by atoms with van der Waals surface area (Å²) in [6.45, 7) is 4.28. The molecule has 12 heavy (non-hydrogen) atoms. The summed E-state index contributed by atoms with van der Waals surface area (Å²) in [5, 5.41) is 1.29. The van der Waals surface area contributed by atoms with Crippen molar-refractivity contribution >= 4 is 21.6 Å². The van der Waals surface area contributed by atoms with Gasteiger partial charge in [-0.2, -0.15) is 0 Å². The van der Waals surface area contributed by atoms with Crippen molar-refractivity contribution in [1.82, 2.24) is 4.98 Å². The predicted molar refractivity (Wildman–Crippen MR) is 53.7 cm³/mol. The van der Waals surface area contributed by atoms with Crippen LogP contribution in [0.3, 0.4) is 0 Å². The number of pyridine rings is 1. The summed E-state index contributed by atoms with van der Waals surface area (Å²) in [5.41, 5.74) is 1.32. The fourth-order valence-electron chi connectivity index (χ4n) is 1.30. The minimum absolute atomic E-state index is 1.07. The lowest BCUT2D eigenvalue weighted by molar-refractivity contribution is 1.12. The molecule has 0 aliphatic rings. The molecular weight excluding hydrogens is 166 g/mol. The highest BCUT2D eigenvalue weighted by atomic mass is 32.1. The molecule has 1 nitrogen and oxygen atoms in total. The van der Waals surface area contributed by atoms with Crippen molar-refractivity contribution in [2.75, 3.05) is 0 Å². The Morgan fingerprint density at radius 1 is 1.42 bits per heavy atom. The fourth-order valence-corrected chi connectivity index (χ4v) is 2.13. The van der Waals surface area contributed by atoms with Gasteiger partial charge in [0, 0.05) is 16.5 Å². The highest BCUT2D eigenvalue weighted by Crippen LogP contribution is 2.23. The zero-order valence-corrected chi connectivity index (χ0v) is 8.11. The first-order valence-electron chi connectivity index (χ1n) is 4.14. The van der Waals surface area contributed by atoms with E-state index < -0.39 is 0 Å². The van der Waals surface area contributed by atoms with E-state index in [-0.39, 0.29) is 0 Å². The average molecular weight is 177 g/mol. The van der Waals surface area contributed by atoms with Crippen LogP contribution in [0, 0.1) is 6.92 Å². The summed E-state index contributed by atoms with van der Waals surface area (Å²) in [6.07, 6.45) is 3.04. The molecule has 2 aromatic heterocycles. The maximum absolute atomic E-state index is 4.39. The molecular formula is C10H11NS. The van der Waals surface area contributed by atoms with Crippen LogP contribution in [0.4, 0.5) is 0 Å². The van der Waals surface area contributed by atoms with Crippen molar-refractivity contribution in [3.05, 3.63) is 28.8 Å². The molecule has 2 aromatic rings. The highest BCUT2D eigenvalue weighted by molar-refractivity contribution is 7.18. The van der Waals surface area contributed by atoms with Gasteiger partial charge in [0.05, 0.1) is 0 Å². The van der Waals surface area contributed by atoms with Gasteiger partial charge < -0.3 is 0 Å². The summed E-state index contributed by atoms with van der Waals surface area (Å²) in [7, 11) is 0. The van der Waals surface area contributed by atoms with Crippen LogP contribution in [0.2, 0.25) is 0 Å². The predicted octanol–water partition coefficient (Wildman–Crippen LogP) is 3.17. The number of hydrogen-bond donors (Lipinski definition) is 0. The van der Waals surface area contributed by atoms with E-state index in [1.165, 1.54) is 15.8 Å². The van der Waals surface area contributed by atoms with Crippen molar-refractivity contribution in [3.63, 3.8) is 0 Å². The zero-order chi connectivity index (χ0) is 8.55. The molecule has 0 aliphatic carbocycles. The summed E-state index contributed by atoms with van der Waals surface area (Å²) in [5.74, 6) is 0. The van der Waals surface area contributed by atoms with Crippen molar-refractivity contribution in [1.29, 1.82) is 0 Å². The van der Waals surface area contributed by atoms with Gasteiger partial charge in [0.1, 0.15) is 4.83 Å². The van der Waals surface area contributed by atoms with Crippen LogP contribution in [0.25, 0.3) is 10.2 Å². The molecule has 0 bridgehead atoms. The lowest BCUT2D eigenvalue weighted by Gasteiger charge is -1.93. The third-order valence-corrected chi connectivity index (χ3v) is 2.93. The van der Waals surface area contributed by atoms with Crippen LogP contribution in [-0.2, 0) is 6.42 Å². The van der Waals surface area contributed by atoms with Gasteiger partial charge in [0.25, 0.3) is 0 Å². The van der Waals surface area contributed by atoms with Crippen molar-refractivity contribution in [3.8, 4) is 0 Å². The van der Waals surface area contributed by atoms with Gasteiger partial charge in [0.2, 0.25) is 0 Å². The monoisotopic (exact) mass is 177 g/mol. The van der Waals surface area contributed by atoms with Crippen LogP contribution >= 0.6 is 11.3 Å². The van der Waals surface area contributed by atoms with Crippen LogP contribution in [-0.4, -0.2) is 4.98 Å². The van der Waals surface area contributed by atoms with Gasteiger partial charge in [-0.15, -0.1) is 11.3 Å². The molecule has 62 valence electrons. The number of nitrogens with zero attached hydrogens (tertiary/aromatic N) is 1. The smallest absolute Gasteiger partial charge is 0.123 e. The Bertz CT molecular complexity index is 403. The number of rotatable bonds is 1. The molecule has 2 heterocycles. The molecule has 0 atom stereocenters. The summed E-state index contributed by atoms with van der Waals surface area (Å²) < 4.78 is 0. The second-order valence-electron chi connectivity index (χ2n) is 2.95. The van der Waals surface area contributed by atoms with Crippen LogP contribution < -0.4 is 0 Å². The summed E-state index contributed by atoms with van der Waals surface area (Å²) in [6, 6.07) is 4.43. The summed E-state index contributed by atoms with van der Waals surface area (Å²) in [4.78, 5) is 6.89. The van der Waals surface area contributed by atoms with E-state index in [2.05, 4.69) is 31.0 Å². The Morgan fingerprint density at radius 2 is 2.25 bits per heavy atom. The topological polar surface area (TPSA) is 12.9 Å². The van der Waals surface area contributed by atoms with Crippen molar-refractivity contribution in [2.45, 2.75) is 20.3 Å². The van der Waals surface area contributed by atoms with Gasteiger partial charge in [-0.05, 0) is 31.0 Å². The molecule has 2 heteroatoms. The molecule has 0 aromatic carbocycles. The van der Waals surface area contributed by atoms with Gasteiger partial charge >= 0.3 is 0 Å². The molecule has 0 N–H and O–H groups in total. The van der Waals surface area contributed by atoms with Crippen molar-refractivity contribution < 1.29 is 0 Å². The molecule has 2 rings (SSSR count). The van der Waals surface area contributed by atoms with Gasteiger partial charge in [-0.3, -0.25) is 0 Å². The number of thiophene rings is 1. The van der Waals surface area contributed by atoms with Gasteiger partial charge in [-0.25, -0.2) is 4.98 Å². The lowest BCUT2D eigenvalue weighted by atomic mass is 10.2.